The predicted molar refractivity (Wildman–Crippen MR) is 79.7 cm³/mol. The highest BCUT2D eigenvalue weighted by Crippen LogP contribution is 2.10. The summed E-state index contributed by atoms with van der Waals surface area (Å²) < 4.78 is 0. The molecule has 0 aliphatic heterocycles. The summed E-state index contributed by atoms with van der Waals surface area (Å²) in [7, 11) is 0. The van der Waals surface area contributed by atoms with E-state index in [1.165, 1.54) is 51.4 Å². The molecule has 0 unspecified atom stereocenters. The van der Waals surface area contributed by atoms with Gasteiger partial charge >= 0.3 is 0 Å². The van der Waals surface area contributed by atoms with Crippen molar-refractivity contribution in [3.05, 3.63) is 18.3 Å². The van der Waals surface area contributed by atoms with Crippen molar-refractivity contribution in [2.75, 3.05) is 17.6 Å². The number of nitrogen functional groups attached to an aromatic ring is 1. The van der Waals surface area contributed by atoms with Crippen LogP contribution in [-0.4, -0.2) is 11.5 Å². The van der Waals surface area contributed by atoms with Gasteiger partial charge in [-0.1, -0.05) is 51.9 Å². The average Bonchev–Trinajstić information content (AvgIpc) is 2.37. The van der Waals surface area contributed by atoms with Gasteiger partial charge in [0.1, 0.15) is 5.82 Å². The van der Waals surface area contributed by atoms with Crippen LogP contribution in [0.2, 0.25) is 0 Å². The van der Waals surface area contributed by atoms with E-state index < -0.39 is 0 Å². The zero-order valence-electron chi connectivity index (χ0n) is 11.6. The minimum atomic E-state index is 0.767. The first-order chi connectivity index (χ1) is 8.83. The first-order valence-corrected chi connectivity index (χ1v) is 7.28. The number of rotatable bonds is 10. The van der Waals surface area contributed by atoms with Crippen molar-refractivity contribution < 1.29 is 0 Å². The van der Waals surface area contributed by atoms with Crippen LogP contribution in [0.1, 0.15) is 58.3 Å². The monoisotopic (exact) mass is 249 g/mol. The number of aromatic nitrogens is 1. The molecule has 3 N–H and O–H groups in total. The summed E-state index contributed by atoms with van der Waals surface area (Å²) in [6.07, 6.45) is 12.5. The summed E-state index contributed by atoms with van der Waals surface area (Å²) in [5.74, 6) is 0.887. The molecule has 18 heavy (non-hydrogen) atoms. The predicted octanol–water partition coefficient (Wildman–Crippen LogP) is 4.22. The molecule has 1 rings (SSSR count). The fourth-order valence-electron chi connectivity index (χ4n) is 2.02. The van der Waals surface area contributed by atoms with E-state index >= 15 is 0 Å². The zero-order valence-corrected chi connectivity index (χ0v) is 11.6. The average molecular weight is 249 g/mol. The van der Waals surface area contributed by atoms with Gasteiger partial charge < -0.3 is 11.1 Å². The van der Waals surface area contributed by atoms with Crippen molar-refractivity contribution in [2.24, 2.45) is 0 Å². The maximum atomic E-state index is 5.69. The molecule has 0 fully saturated rings. The number of unbranched alkanes of at least 4 members (excludes halogenated alkanes) is 7. The molecule has 102 valence electrons. The molecule has 0 amide bonds. The lowest BCUT2D eigenvalue weighted by molar-refractivity contribution is 0.581. The standard InChI is InChI=1S/C15H27N3/c1-2-3-4-5-6-7-8-9-11-17-15-13-14(16)10-12-18-15/h10,12-13H,2-9,11H2,1H3,(H3,16,17,18). The van der Waals surface area contributed by atoms with Crippen molar-refractivity contribution >= 4 is 11.5 Å². The summed E-state index contributed by atoms with van der Waals surface area (Å²) in [4.78, 5) is 4.22. The van der Waals surface area contributed by atoms with Crippen molar-refractivity contribution in [2.45, 2.75) is 58.3 Å². The topological polar surface area (TPSA) is 50.9 Å². The third-order valence-electron chi connectivity index (χ3n) is 3.12. The lowest BCUT2D eigenvalue weighted by Crippen LogP contribution is -2.03. The van der Waals surface area contributed by atoms with Crippen LogP contribution >= 0.6 is 0 Å². The number of hydrogen-bond donors (Lipinski definition) is 2. The molecule has 0 atom stereocenters. The Kier molecular flexibility index (Phi) is 8.02. The van der Waals surface area contributed by atoms with Crippen LogP contribution in [0.3, 0.4) is 0 Å². The highest BCUT2D eigenvalue weighted by atomic mass is 15.0. The molecule has 1 aromatic rings. The molecule has 0 spiro atoms. The normalized spacial score (nSPS) is 10.5. The van der Waals surface area contributed by atoms with Crippen LogP contribution in [0.5, 0.6) is 0 Å². The van der Waals surface area contributed by atoms with Crippen molar-refractivity contribution in [1.82, 2.24) is 4.98 Å². The molecule has 0 aliphatic rings. The van der Waals surface area contributed by atoms with E-state index in [1.54, 1.807) is 6.20 Å². The molecular weight excluding hydrogens is 222 g/mol. The van der Waals surface area contributed by atoms with Crippen molar-refractivity contribution in [3.8, 4) is 0 Å². The lowest BCUT2D eigenvalue weighted by atomic mass is 10.1. The molecule has 3 heteroatoms. The van der Waals surface area contributed by atoms with Crippen LogP contribution in [0.4, 0.5) is 11.5 Å². The molecule has 0 radical (unpaired) electrons. The van der Waals surface area contributed by atoms with Gasteiger partial charge in [0.15, 0.2) is 0 Å². The summed E-state index contributed by atoms with van der Waals surface area (Å²) in [5.41, 5.74) is 6.46. The minimum Gasteiger partial charge on any atom is -0.399 e. The number of anilines is 2. The van der Waals surface area contributed by atoms with Gasteiger partial charge in [-0.25, -0.2) is 4.98 Å². The van der Waals surface area contributed by atoms with E-state index in [0.717, 1.165) is 18.1 Å². The van der Waals surface area contributed by atoms with Gasteiger partial charge in [-0.15, -0.1) is 0 Å². The Morgan fingerprint density at radius 3 is 2.39 bits per heavy atom. The maximum absolute atomic E-state index is 5.69. The number of pyridine rings is 1. The molecule has 0 bridgehead atoms. The molecule has 0 saturated heterocycles. The zero-order chi connectivity index (χ0) is 13.1. The van der Waals surface area contributed by atoms with Crippen LogP contribution in [0.15, 0.2) is 18.3 Å². The molecule has 3 nitrogen and oxygen atoms in total. The maximum Gasteiger partial charge on any atom is 0.127 e. The quantitative estimate of drug-likeness (QED) is 0.610. The van der Waals surface area contributed by atoms with Crippen LogP contribution < -0.4 is 11.1 Å². The van der Waals surface area contributed by atoms with E-state index in [0.29, 0.717) is 0 Å². The third kappa shape index (κ3) is 7.15. The van der Waals surface area contributed by atoms with Gasteiger partial charge in [0.05, 0.1) is 0 Å². The highest BCUT2D eigenvalue weighted by Gasteiger charge is 1.94. The summed E-state index contributed by atoms with van der Waals surface area (Å²) in [6.45, 7) is 3.25. The Morgan fingerprint density at radius 2 is 1.72 bits per heavy atom. The van der Waals surface area contributed by atoms with E-state index in [9.17, 15) is 0 Å². The second kappa shape index (κ2) is 9.75. The summed E-state index contributed by atoms with van der Waals surface area (Å²) in [6, 6.07) is 3.69. The van der Waals surface area contributed by atoms with Crippen LogP contribution in [0.25, 0.3) is 0 Å². The molecular formula is C15H27N3. The Bertz CT molecular complexity index is 312. The van der Waals surface area contributed by atoms with Gasteiger partial charge in [0.25, 0.3) is 0 Å². The fourth-order valence-corrected chi connectivity index (χ4v) is 2.02. The highest BCUT2D eigenvalue weighted by molar-refractivity contribution is 5.48. The first kappa shape index (κ1) is 14.8. The van der Waals surface area contributed by atoms with Crippen LogP contribution in [-0.2, 0) is 0 Å². The third-order valence-corrected chi connectivity index (χ3v) is 3.12. The Labute approximate surface area is 111 Å². The number of nitrogens with one attached hydrogen (secondary N) is 1. The molecule has 0 saturated carbocycles. The van der Waals surface area contributed by atoms with Gasteiger partial charge in [-0.2, -0.15) is 0 Å². The summed E-state index contributed by atoms with van der Waals surface area (Å²) >= 11 is 0. The number of nitrogens with zero attached hydrogens (tertiary/aromatic N) is 1. The largest absolute Gasteiger partial charge is 0.399 e. The van der Waals surface area contributed by atoms with E-state index in [4.69, 9.17) is 5.73 Å². The lowest BCUT2D eigenvalue weighted by Gasteiger charge is -2.06. The number of hydrogen-bond acceptors (Lipinski definition) is 3. The minimum absolute atomic E-state index is 0.767. The molecule has 1 aromatic heterocycles. The van der Waals surface area contributed by atoms with E-state index in [2.05, 4.69) is 17.2 Å². The molecule has 0 aromatic carbocycles. The van der Waals surface area contributed by atoms with Gasteiger partial charge in [-0.3, -0.25) is 0 Å². The Balaban J connectivity index is 1.92. The molecule has 0 aliphatic carbocycles. The van der Waals surface area contributed by atoms with Gasteiger partial charge in [0, 0.05) is 24.5 Å². The molecule has 1 heterocycles. The Hall–Kier alpha value is -1.25. The fraction of sp³-hybridized carbons (Fsp3) is 0.667. The number of nitrogens with two attached hydrogens (primary N) is 1. The smallest absolute Gasteiger partial charge is 0.127 e. The van der Waals surface area contributed by atoms with Crippen molar-refractivity contribution in [1.29, 1.82) is 0 Å². The SMILES string of the molecule is CCCCCCCCCCNc1cc(N)ccn1. The van der Waals surface area contributed by atoms with E-state index in [1.807, 2.05) is 12.1 Å². The van der Waals surface area contributed by atoms with Gasteiger partial charge in [0.2, 0.25) is 0 Å². The Morgan fingerprint density at radius 1 is 1.06 bits per heavy atom. The second-order valence-corrected chi connectivity index (χ2v) is 4.88. The van der Waals surface area contributed by atoms with E-state index in [-0.39, 0.29) is 0 Å². The summed E-state index contributed by atoms with van der Waals surface area (Å²) in [5, 5.41) is 3.31. The van der Waals surface area contributed by atoms with Crippen LogP contribution in [0, 0.1) is 0 Å². The van der Waals surface area contributed by atoms with Gasteiger partial charge in [-0.05, 0) is 12.5 Å². The van der Waals surface area contributed by atoms with Crippen molar-refractivity contribution in [3.63, 3.8) is 0 Å². The second-order valence-electron chi connectivity index (χ2n) is 4.88. The first-order valence-electron chi connectivity index (χ1n) is 7.28.